The first-order valence-electron chi connectivity index (χ1n) is 6.06. The first-order chi connectivity index (χ1) is 8.15. The highest BCUT2D eigenvalue weighted by atomic mass is 16.2. The highest BCUT2D eigenvalue weighted by Crippen LogP contribution is 2.25. The van der Waals surface area contributed by atoms with Crippen LogP contribution in [-0.2, 0) is 13.1 Å². The zero-order valence-electron chi connectivity index (χ0n) is 10.4. The Morgan fingerprint density at radius 3 is 2.59 bits per heavy atom. The Morgan fingerprint density at radius 2 is 1.94 bits per heavy atom. The highest BCUT2D eigenvalue weighted by molar-refractivity contribution is 5.75. The molecule has 0 bridgehead atoms. The van der Waals surface area contributed by atoms with E-state index in [-0.39, 0.29) is 6.03 Å². The van der Waals surface area contributed by atoms with Gasteiger partial charge in [0.25, 0.3) is 0 Å². The van der Waals surface area contributed by atoms with Gasteiger partial charge in [-0.25, -0.2) is 4.79 Å². The van der Waals surface area contributed by atoms with Crippen molar-refractivity contribution < 1.29 is 4.79 Å². The van der Waals surface area contributed by atoms with Gasteiger partial charge in [-0.3, -0.25) is 0 Å². The molecule has 2 N–H and O–H groups in total. The van der Waals surface area contributed by atoms with Crippen molar-refractivity contribution in [1.29, 1.82) is 0 Å². The topological polar surface area (TPSA) is 49.6 Å². The van der Waals surface area contributed by atoms with Crippen LogP contribution in [0.3, 0.4) is 0 Å². The van der Waals surface area contributed by atoms with Crippen LogP contribution < -0.4 is 5.73 Å². The van der Waals surface area contributed by atoms with Crippen molar-refractivity contribution in [2.45, 2.75) is 26.9 Å². The second-order valence-electron chi connectivity index (χ2n) is 4.34. The molecule has 0 saturated carbocycles. The maximum absolute atomic E-state index is 12.2. The predicted molar refractivity (Wildman–Crippen MR) is 68.4 cm³/mol. The monoisotopic (exact) mass is 233 g/mol. The third-order valence-electron chi connectivity index (χ3n) is 3.26. The molecule has 0 aromatic heterocycles. The fraction of sp³-hybridized carbons (Fsp3) is 0.462. The standard InChI is InChI=1S/C13H19N3O/c1-3-15(4-2)13(17)16-8-10-5-6-12(14)7-11(10)9-16/h5-7H,3-4,8-9,14H2,1-2H3. The van der Waals surface area contributed by atoms with Crippen molar-refractivity contribution in [3.63, 3.8) is 0 Å². The number of hydrogen-bond acceptors (Lipinski definition) is 2. The van der Waals surface area contributed by atoms with E-state index in [1.807, 2.05) is 41.8 Å². The van der Waals surface area contributed by atoms with Gasteiger partial charge < -0.3 is 15.5 Å². The molecule has 0 unspecified atom stereocenters. The molecule has 0 aliphatic carbocycles. The van der Waals surface area contributed by atoms with Gasteiger partial charge in [0.1, 0.15) is 0 Å². The molecule has 2 amide bonds. The summed E-state index contributed by atoms with van der Waals surface area (Å²) in [6, 6.07) is 5.99. The molecule has 4 nitrogen and oxygen atoms in total. The molecule has 17 heavy (non-hydrogen) atoms. The Labute approximate surface area is 102 Å². The second kappa shape index (κ2) is 4.65. The number of nitrogens with zero attached hydrogens (tertiary/aromatic N) is 2. The zero-order chi connectivity index (χ0) is 12.4. The molecule has 0 atom stereocenters. The number of nitrogen functional groups attached to an aromatic ring is 1. The van der Waals surface area contributed by atoms with Crippen molar-refractivity contribution in [2.75, 3.05) is 18.8 Å². The molecule has 0 saturated heterocycles. The first kappa shape index (κ1) is 11.8. The quantitative estimate of drug-likeness (QED) is 0.795. The van der Waals surface area contributed by atoms with Gasteiger partial charge in [-0.1, -0.05) is 6.07 Å². The van der Waals surface area contributed by atoms with Crippen molar-refractivity contribution in [3.05, 3.63) is 29.3 Å². The SMILES string of the molecule is CCN(CC)C(=O)N1Cc2ccc(N)cc2C1. The number of benzene rings is 1. The van der Waals surface area contributed by atoms with Crippen LogP contribution in [0.4, 0.5) is 10.5 Å². The van der Waals surface area contributed by atoms with Crippen LogP contribution in [0, 0.1) is 0 Å². The van der Waals surface area contributed by atoms with Gasteiger partial charge in [0.05, 0.1) is 0 Å². The normalized spacial score (nSPS) is 13.6. The molecule has 0 fully saturated rings. The number of urea groups is 1. The fourth-order valence-corrected chi connectivity index (χ4v) is 2.24. The third-order valence-corrected chi connectivity index (χ3v) is 3.26. The number of rotatable bonds is 2. The molecule has 1 aliphatic rings. The summed E-state index contributed by atoms with van der Waals surface area (Å²) in [6.07, 6.45) is 0. The van der Waals surface area contributed by atoms with Crippen molar-refractivity contribution in [3.8, 4) is 0 Å². The lowest BCUT2D eigenvalue weighted by atomic mass is 10.1. The largest absolute Gasteiger partial charge is 0.399 e. The first-order valence-corrected chi connectivity index (χ1v) is 6.06. The maximum Gasteiger partial charge on any atom is 0.320 e. The minimum Gasteiger partial charge on any atom is -0.399 e. The molecular formula is C13H19N3O. The number of nitrogens with two attached hydrogens (primary N) is 1. The smallest absolute Gasteiger partial charge is 0.320 e. The van der Waals surface area contributed by atoms with Gasteiger partial charge in [-0.05, 0) is 37.1 Å². The number of hydrogen-bond donors (Lipinski definition) is 1. The lowest BCUT2D eigenvalue weighted by molar-refractivity contribution is 0.157. The number of fused-ring (bicyclic) bond motifs is 1. The number of amides is 2. The van der Waals surface area contributed by atoms with Crippen molar-refractivity contribution in [2.24, 2.45) is 0 Å². The van der Waals surface area contributed by atoms with Crippen LogP contribution in [0.2, 0.25) is 0 Å². The molecule has 0 radical (unpaired) electrons. The van der Waals surface area contributed by atoms with Crippen molar-refractivity contribution in [1.82, 2.24) is 9.80 Å². The molecular weight excluding hydrogens is 214 g/mol. The average molecular weight is 233 g/mol. The summed E-state index contributed by atoms with van der Waals surface area (Å²) >= 11 is 0. The summed E-state index contributed by atoms with van der Waals surface area (Å²) < 4.78 is 0. The number of carbonyl (C=O) groups excluding carboxylic acids is 1. The second-order valence-corrected chi connectivity index (χ2v) is 4.34. The Bertz CT molecular complexity index is 427. The van der Waals surface area contributed by atoms with Gasteiger partial charge >= 0.3 is 6.03 Å². The number of anilines is 1. The van der Waals surface area contributed by atoms with Gasteiger partial charge in [-0.15, -0.1) is 0 Å². The molecule has 1 heterocycles. The maximum atomic E-state index is 12.2. The van der Waals surface area contributed by atoms with E-state index in [4.69, 9.17) is 5.73 Å². The van der Waals surface area contributed by atoms with E-state index in [2.05, 4.69) is 0 Å². The lowest BCUT2D eigenvalue weighted by Crippen LogP contribution is -2.40. The Morgan fingerprint density at radius 1 is 1.29 bits per heavy atom. The van der Waals surface area contributed by atoms with Gasteiger partial charge in [0.15, 0.2) is 0 Å². The van der Waals surface area contributed by atoms with Crippen LogP contribution >= 0.6 is 0 Å². The van der Waals surface area contributed by atoms with Crippen LogP contribution in [-0.4, -0.2) is 28.9 Å². The Kier molecular flexibility index (Phi) is 3.22. The van der Waals surface area contributed by atoms with E-state index in [0.717, 1.165) is 18.8 Å². The summed E-state index contributed by atoms with van der Waals surface area (Å²) in [4.78, 5) is 15.9. The fourth-order valence-electron chi connectivity index (χ4n) is 2.24. The summed E-state index contributed by atoms with van der Waals surface area (Å²) in [7, 11) is 0. The summed E-state index contributed by atoms with van der Waals surface area (Å²) in [5.74, 6) is 0. The number of carbonyl (C=O) groups is 1. The Hall–Kier alpha value is -1.71. The van der Waals surface area contributed by atoms with Crippen molar-refractivity contribution >= 4 is 11.7 Å². The van der Waals surface area contributed by atoms with E-state index in [1.165, 1.54) is 11.1 Å². The molecule has 1 aromatic carbocycles. The van der Waals surface area contributed by atoms with Crippen LogP contribution in [0.5, 0.6) is 0 Å². The van der Waals surface area contributed by atoms with Crippen LogP contribution in [0.15, 0.2) is 18.2 Å². The molecule has 1 aromatic rings. The Balaban J connectivity index is 2.12. The predicted octanol–water partition coefficient (Wildman–Crippen LogP) is 2.05. The molecule has 1 aliphatic heterocycles. The summed E-state index contributed by atoms with van der Waals surface area (Å²) in [5.41, 5.74) is 8.90. The zero-order valence-corrected chi connectivity index (χ0v) is 10.4. The van der Waals surface area contributed by atoms with Gasteiger partial charge in [0.2, 0.25) is 0 Å². The minimum absolute atomic E-state index is 0.116. The average Bonchev–Trinajstić information content (AvgIpc) is 2.73. The molecule has 0 spiro atoms. The highest BCUT2D eigenvalue weighted by Gasteiger charge is 2.25. The minimum atomic E-state index is 0.116. The molecule has 4 heteroatoms. The summed E-state index contributed by atoms with van der Waals surface area (Å²) in [5, 5.41) is 0. The third kappa shape index (κ3) is 2.20. The van der Waals surface area contributed by atoms with E-state index >= 15 is 0 Å². The van der Waals surface area contributed by atoms with E-state index in [0.29, 0.717) is 13.1 Å². The van der Waals surface area contributed by atoms with E-state index in [9.17, 15) is 4.79 Å². The van der Waals surface area contributed by atoms with Crippen LogP contribution in [0.25, 0.3) is 0 Å². The van der Waals surface area contributed by atoms with Gasteiger partial charge in [0, 0.05) is 31.9 Å². The van der Waals surface area contributed by atoms with E-state index in [1.54, 1.807) is 0 Å². The lowest BCUT2D eigenvalue weighted by Gasteiger charge is -2.25. The molecule has 2 rings (SSSR count). The molecule has 92 valence electrons. The summed E-state index contributed by atoms with van der Waals surface area (Å²) in [6.45, 7) is 6.89. The van der Waals surface area contributed by atoms with Gasteiger partial charge in [-0.2, -0.15) is 0 Å². The van der Waals surface area contributed by atoms with Crippen LogP contribution in [0.1, 0.15) is 25.0 Å². The van der Waals surface area contributed by atoms with E-state index < -0.39 is 0 Å².